The molecule has 2 aromatic rings. The quantitative estimate of drug-likeness (QED) is 0.663. The van der Waals surface area contributed by atoms with Gasteiger partial charge in [0.15, 0.2) is 0 Å². The van der Waals surface area contributed by atoms with Crippen molar-refractivity contribution in [1.29, 1.82) is 0 Å². The standard InChI is InChI=1S/C14H16ClO/c1-2-3-4-5-9-14-11-7-6-8-13(15)12(11)10-16-14/h6-8,10H,1-5,9H2. The van der Waals surface area contributed by atoms with Crippen LogP contribution in [0, 0.1) is 6.92 Å². The van der Waals surface area contributed by atoms with Crippen molar-refractivity contribution in [2.45, 2.75) is 32.1 Å². The summed E-state index contributed by atoms with van der Waals surface area (Å²) in [7, 11) is 0. The summed E-state index contributed by atoms with van der Waals surface area (Å²) < 4.78 is 5.58. The number of unbranched alkanes of at least 4 members (excludes halogenated alkanes) is 3. The summed E-state index contributed by atoms with van der Waals surface area (Å²) in [6.45, 7) is 3.84. The van der Waals surface area contributed by atoms with Gasteiger partial charge in [-0.25, -0.2) is 0 Å². The maximum absolute atomic E-state index is 6.09. The summed E-state index contributed by atoms with van der Waals surface area (Å²) in [6.07, 6.45) is 7.33. The van der Waals surface area contributed by atoms with Crippen molar-refractivity contribution in [2.24, 2.45) is 0 Å². The molecule has 0 aliphatic heterocycles. The van der Waals surface area contributed by atoms with Crippen LogP contribution in [0.4, 0.5) is 0 Å². The van der Waals surface area contributed by atoms with Gasteiger partial charge in [0.2, 0.25) is 0 Å². The van der Waals surface area contributed by atoms with Gasteiger partial charge in [-0.3, -0.25) is 0 Å². The van der Waals surface area contributed by atoms with E-state index in [-0.39, 0.29) is 0 Å². The minimum absolute atomic E-state index is 0.769. The summed E-state index contributed by atoms with van der Waals surface area (Å²) in [5, 5.41) is 2.95. The number of furan rings is 1. The van der Waals surface area contributed by atoms with Gasteiger partial charge in [-0.05, 0) is 12.5 Å². The summed E-state index contributed by atoms with van der Waals surface area (Å²) in [5.41, 5.74) is 0. The van der Waals surface area contributed by atoms with Crippen LogP contribution in [-0.4, -0.2) is 0 Å². The van der Waals surface area contributed by atoms with Crippen molar-refractivity contribution >= 4 is 22.4 Å². The third kappa shape index (κ3) is 2.41. The van der Waals surface area contributed by atoms with E-state index in [1.54, 1.807) is 6.26 Å². The molecule has 1 heterocycles. The molecule has 0 spiro atoms. The lowest BCUT2D eigenvalue weighted by atomic mass is 10.1. The third-order valence-corrected chi connectivity index (χ3v) is 3.16. The molecule has 2 heteroatoms. The molecule has 0 amide bonds. The lowest BCUT2D eigenvalue weighted by Gasteiger charge is -1.98. The molecule has 0 saturated heterocycles. The van der Waals surface area contributed by atoms with Crippen LogP contribution in [0.3, 0.4) is 0 Å². The summed E-state index contributed by atoms with van der Waals surface area (Å²) in [5.74, 6) is 1.06. The average Bonchev–Trinajstić information content (AvgIpc) is 2.70. The molecule has 0 saturated carbocycles. The van der Waals surface area contributed by atoms with E-state index in [1.807, 2.05) is 12.1 Å². The average molecular weight is 236 g/mol. The van der Waals surface area contributed by atoms with Gasteiger partial charge in [-0.15, -0.1) is 0 Å². The molecular weight excluding hydrogens is 220 g/mol. The topological polar surface area (TPSA) is 13.1 Å². The van der Waals surface area contributed by atoms with Crippen molar-refractivity contribution in [1.82, 2.24) is 0 Å². The van der Waals surface area contributed by atoms with Crippen LogP contribution in [0.5, 0.6) is 0 Å². The lowest BCUT2D eigenvalue weighted by molar-refractivity contribution is 0.501. The molecule has 1 nitrogen and oxygen atoms in total. The Morgan fingerprint density at radius 1 is 1.12 bits per heavy atom. The van der Waals surface area contributed by atoms with Crippen LogP contribution >= 0.6 is 11.6 Å². The highest BCUT2D eigenvalue weighted by Gasteiger charge is 2.07. The fourth-order valence-corrected chi connectivity index (χ4v) is 2.15. The van der Waals surface area contributed by atoms with E-state index in [2.05, 4.69) is 13.0 Å². The Morgan fingerprint density at radius 2 is 2.00 bits per heavy atom. The van der Waals surface area contributed by atoms with Gasteiger partial charge in [0.1, 0.15) is 12.0 Å². The van der Waals surface area contributed by atoms with E-state index < -0.39 is 0 Å². The molecule has 1 radical (unpaired) electrons. The Hall–Kier alpha value is -0.950. The molecule has 1 aromatic heterocycles. The monoisotopic (exact) mass is 235 g/mol. The Kier molecular flexibility index (Phi) is 3.89. The van der Waals surface area contributed by atoms with E-state index in [0.717, 1.165) is 40.8 Å². The summed E-state index contributed by atoms with van der Waals surface area (Å²) in [6, 6.07) is 5.94. The van der Waals surface area contributed by atoms with Gasteiger partial charge in [-0.2, -0.15) is 0 Å². The second kappa shape index (κ2) is 5.40. The Labute approximate surface area is 101 Å². The number of hydrogen-bond acceptors (Lipinski definition) is 1. The Morgan fingerprint density at radius 3 is 2.81 bits per heavy atom. The fourth-order valence-electron chi connectivity index (χ4n) is 1.93. The first-order chi connectivity index (χ1) is 7.83. The zero-order chi connectivity index (χ0) is 11.4. The highest BCUT2D eigenvalue weighted by molar-refractivity contribution is 6.35. The molecular formula is C14H16ClO. The predicted molar refractivity (Wildman–Crippen MR) is 68.8 cm³/mol. The van der Waals surface area contributed by atoms with Gasteiger partial charge in [0.25, 0.3) is 0 Å². The van der Waals surface area contributed by atoms with Crippen LogP contribution in [0.1, 0.15) is 31.4 Å². The van der Waals surface area contributed by atoms with Crippen molar-refractivity contribution in [2.75, 3.05) is 0 Å². The number of aryl methyl sites for hydroxylation is 1. The number of hydrogen-bond donors (Lipinski definition) is 0. The molecule has 0 atom stereocenters. The molecule has 0 unspecified atom stereocenters. The minimum Gasteiger partial charge on any atom is -0.468 e. The number of rotatable bonds is 5. The van der Waals surface area contributed by atoms with Crippen LogP contribution < -0.4 is 0 Å². The van der Waals surface area contributed by atoms with Crippen molar-refractivity contribution in [3.05, 3.63) is 42.2 Å². The molecule has 2 rings (SSSR count). The molecule has 85 valence electrons. The fraction of sp³-hybridized carbons (Fsp3) is 0.357. The zero-order valence-electron chi connectivity index (χ0n) is 9.34. The number of halogens is 1. The first kappa shape index (κ1) is 11.5. The highest BCUT2D eigenvalue weighted by atomic mass is 35.5. The largest absolute Gasteiger partial charge is 0.468 e. The second-order valence-electron chi connectivity index (χ2n) is 4.02. The van der Waals surface area contributed by atoms with Gasteiger partial charge in [0.05, 0.1) is 5.02 Å². The number of benzene rings is 1. The predicted octanol–water partition coefficient (Wildman–Crippen LogP) is 5.02. The molecule has 0 aliphatic rings. The van der Waals surface area contributed by atoms with E-state index in [0.29, 0.717) is 0 Å². The minimum atomic E-state index is 0.769. The molecule has 0 fully saturated rings. The normalized spacial score (nSPS) is 11.1. The van der Waals surface area contributed by atoms with Crippen molar-refractivity contribution in [3.63, 3.8) is 0 Å². The molecule has 0 aliphatic carbocycles. The maximum Gasteiger partial charge on any atom is 0.111 e. The van der Waals surface area contributed by atoms with Crippen molar-refractivity contribution in [3.8, 4) is 0 Å². The number of fused-ring (bicyclic) bond motifs is 1. The van der Waals surface area contributed by atoms with Gasteiger partial charge >= 0.3 is 0 Å². The smallest absolute Gasteiger partial charge is 0.111 e. The van der Waals surface area contributed by atoms with Crippen LogP contribution in [-0.2, 0) is 6.42 Å². The van der Waals surface area contributed by atoms with Crippen LogP contribution in [0.15, 0.2) is 28.9 Å². The molecule has 0 N–H and O–H groups in total. The Bertz CT molecular complexity index is 459. The summed E-state index contributed by atoms with van der Waals surface area (Å²) in [4.78, 5) is 0. The van der Waals surface area contributed by atoms with E-state index in [1.165, 1.54) is 12.8 Å². The first-order valence-corrected chi connectivity index (χ1v) is 6.14. The SMILES string of the molecule is [CH2]CCCCCc1occ2c(Cl)cccc12. The highest BCUT2D eigenvalue weighted by Crippen LogP contribution is 2.28. The molecule has 16 heavy (non-hydrogen) atoms. The third-order valence-electron chi connectivity index (χ3n) is 2.83. The lowest BCUT2D eigenvalue weighted by Crippen LogP contribution is -1.83. The molecule has 1 aromatic carbocycles. The second-order valence-corrected chi connectivity index (χ2v) is 4.43. The van der Waals surface area contributed by atoms with Gasteiger partial charge in [0, 0.05) is 17.2 Å². The summed E-state index contributed by atoms with van der Waals surface area (Å²) >= 11 is 6.09. The van der Waals surface area contributed by atoms with Gasteiger partial charge in [-0.1, -0.05) is 49.9 Å². The van der Waals surface area contributed by atoms with Crippen molar-refractivity contribution < 1.29 is 4.42 Å². The van der Waals surface area contributed by atoms with E-state index in [9.17, 15) is 0 Å². The van der Waals surface area contributed by atoms with Gasteiger partial charge < -0.3 is 4.42 Å². The van der Waals surface area contributed by atoms with E-state index >= 15 is 0 Å². The maximum atomic E-state index is 6.09. The van der Waals surface area contributed by atoms with Crippen LogP contribution in [0.25, 0.3) is 10.8 Å². The molecule has 0 bridgehead atoms. The van der Waals surface area contributed by atoms with E-state index in [4.69, 9.17) is 16.0 Å². The first-order valence-electron chi connectivity index (χ1n) is 5.77. The zero-order valence-corrected chi connectivity index (χ0v) is 10.1. The Balaban J connectivity index is 2.10. The van der Waals surface area contributed by atoms with Crippen LogP contribution in [0.2, 0.25) is 5.02 Å².